The van der Waals surface area contributed by atoms with E-state index < -0.39 is 5.41 Å². The van der Waals surface area contributed by atoms with Crippen molar-refractivity contribution < 1.29 is 4.74 Å². The maximum atomic E-state index is 6.71. The number of nitrogens with zero attached hydrogens (tertiary/aromatic N) is 3. The summed E-state index contributed by atoms with van der Waals surface area (Å²) >= 11 is 0. The van der Waals surface area contributed by atoms with Gasteiger partial charge in [0.25, 0.3) is 0 Å². The van der Waals surface area contributed by atoms with Gasteiger partial charge in [0.1, 0.15) is 11.5 Å². The van der Waals surface area contributed by atoms with Gasteiger partial charge in [-0.15, -0.1) is 0 Å². The molecule has 2 heterocycles. The first-order chi connectivity index (χ1) is 25.2. The first-order valence-electron chi connectivity index (χ1n) is 17.3. The van der Waals surface area contributed by atoms with Crippen LogP contribution in [-0.2, 0) is 5.41 Å². The van der Waals surface area contributed by atoms with Crippen molar-refractivity contribution in [3.63, 3.8) is 0 Å². The van der Waals surface area contributed by atoms with Crippen molar-refractivity contribution in [3.05, 3.63) is 198 Å². The molecular weight excluding hydrogens is 623 g/mol. The lowest BCUT2D eigenvalue weighted by atomic mass is 9.63. The largest absolute Gasteiger partial charge is 0.457 e. The molecule has 51 heavy (non-hydrogen) atoms. The lowest BCUT2D eigenvalue weighted by Gasteiger charge is -2.41. The average molecular weight is 654 g/mol. The summed E-state index contributed by atoms with van der Waals surface area (Å²) in [6.07, 6.45) is 0. The molecule has 7 aromatic carbocycles. The second-order valence-corrected chi connectivity index (χ2v) is 13.2. The highest BCUT2D eigenvalue weighted by atomic mass is 16.5. The van der Waals surface area contributed by atoms with Gasteiger partial charge in [0.15, 0.2) is 17.5 Å². The van der Waals surface area contributed by atoms with Crippen LogP contribution in [0.25, 0.3) is 56.4 Å². The highest BCUT2D eigenvalue weighted by Gasteiger charge is 2.53. The summed E-state index contributed by atoms with van der Waals surface area (Å²) in [5.41, 5.74) is 12.6. The van der Waals surface area contributed by atoms with Crippen molar-refractivity contribution in [1.82, 2.24) is 15.0 Å². The molecule has 0 saturated heterocycles. The Balaban J connectivity index is 1.35. The van der Waals surface area contributed by atoms with Crippen molar-refractivity contribution in [2.75, 3.05) is 0 Å². The van der Waals surface area contributed by atoms with Gasteiger partial charge < -0.3 is 4.74 Å². The van der Waals surface area contributed by atoms with Gasteiger partial charge in [0.2, 0.25) is 0 Å². The first kappa shape index (κ1) is 29.3. The molecule has 0 atom stereocenters. The van der Waals surface area contributed by atoms with E-state index in [4.69, 9.17) is 19.7 Å². The molecule has 0 radical (unpaired) electrons. The third kappa shape index (κ3) is 4.43. The number of aromatic nitrogens is 3. The first-order valence-corrected chi connectivity index (χ1v) is 17.3. The van der Waals surface area contributed by atoms with Crippen LogP contribution in [0.1, 0.15) is 27.8 Å². The molecule has 240 valence electrons. The molecule has 10 rings (SSSR count). The molecule has 4 heteroatoms. The molecule has 1 spiro atoms. The fourth-order valence-electron chi connectivity index (χ4n) is 8.11. The second-order valence-electron chi connectivity index (χ2n) is 13.2. The zero-order valence-electron chi connectivity index (χ0n) is 27.9. The molecule has 1 aliphatic carbocycles. The minimum atomic E-state index is -0.735. The van der Waals surface area contributed by atoms with E-state index in [1.807, 2.05) is 36.4 Å². The smallest absolute Gasteiger partial charge is 0.164 e. The number of benzene rings is 7. The van der Waals surface area contributed by atoms with Crippen LogP contribution in [0.2, 0.25) is 0 Å². The Kier molecular flexibility index (Phi) is 6.58. The molecular formula is C47H31N3O. The number of ether oxygens (including phenoxy) is 1. The SMILES string of the molecule is Cc1ccc(-c2cccc3c2C2(c4ccccc4Oc4ccccc42)c2c(-c4nc(-c5ccccc5)nc(-c5ccccc5)n4)cccc2-3)cc1. The van der Waals surface area contributed by atoms with Crippen LogP contribution < -0.4 is 4.74 Å². The Bertz CT molecular complexity index is 2510. The molecule has 0 saturated carbocycles. The van der Waals surface area contributed by atoms with Gasteiger partial charge in [-0.3, -0.25) is 0 Å². The molecule has 8 aromatic rings. The maximum Gasteiger partial charge on any atom is 0.164 e. The summed E-state index contributed by atoms with van der Waals surface area (Å²) in [7, 11) is 0. The number of fused-ring (bicyclic) bond motifs is 9. The van der Waals surface area contributed by atoms with Crippen molar-refractivity contribution >= 4 is 0 Å². The zero-order valence-corrected chi connectivity index (χ0v) is 27.9. The molecule has 0 fully saturated rings. The Morgan fingerprint density at radius 3 is 1.39 bits per heavy atom. The Labute approximate surface area is 296 Å². The number of aryl methyl sites for hydroxylation is 1. The fraction of sp³-hybridized carbons (Fsp3) is 0.0426. The zero-order chi connectivity index (χ0) is 33.9. The lowest BCUT2D eigenvalue weighted by Crippen LogP contribution is -2.33. The highest BCUT2D eigenvalue weighted by Crippen LogP contribution is 2.65. The van der Waals surface area contributed by atoms with Gasteiger partial charge in [-0.1, -0.05) is 163 Å². The average Bonchev–Trinajstić information content (AvgIpc) is 3.50. The number of hydrogen-bond donors (Lipinski definition) is 0. The molecule has 2 aliphatic rings. The van der Waals surface area contributed by atoms with Crippen LogP contribution in [-0.4, -0.2) is 15.0 Å². The summed E-state index contributed by atoms with van der Waals surface area (Å²) in [6.45, 7) is 2.13. The molecule has 1 aromatic heterocycles. The van der Waals surface area contributed by atoms with E-state index in [1.54, 1.807) is 0 Å². The molecule has 0 amide bonds. The van der Waals surface area contributed by atoms with Crippen molar-refractivity contribution in [3.8, 4) is 67.9 Å². The van der Waals surface area contributed by atoms with E-state index in [0.717, 1.165) is 50.4 Å². The van der Waals surface area contributed by atoms with E-state index in [2.05, 4.69) is 140 Å². The molecule has 0 N–H and O–H groups in total. The minimum absolute atomic E-state index is 0.630. The standard InChI is InChI=1S/C47H31N3O/c1-30-26-28-31(29-27-30)34-18-12-19-35-36-20-13-21-37(46-49-44(32-14-4-2-5-15-32)48-45(50-46)33-16-6-3-7-17-33)43(36)47(42(34)35)38-22-8-10-24-40(38)51-41-25-11-9-23-39(41)47/h2-29H,1H3. The Hall–Kier alpha value is -6.65. The number of rotatable bonds is 4. The minimum Gasteiger partial charge on any atom is -0.457 e. The summed E-state index contributed by atoms with van der Waals surface area (Å²) in [4.78, 5) is 15.6. The third-order valence-electron chi connectivity index (χ3n) is 10.3. The van der Waals surface area contributed by atoms with Gasteiger partial charge in [-0.05, 0) is 52.4 Å². The summed E-state index contributed by atoms with van der Waals surface area (Å²) in [5, 5.41) is 0. The number of hydrogen-bond acceptors (Lipinski definition) is 4. The number of para-hydroxylation sites is 2. The fourth-order valence-corrected chi connectivity index (χ4v) is 8.11. The normalized spacial score (nSPS) is 13.1. The van der Waals surface area contributed by atoms with Crippen LogP contribution >= 0.6 is 0 Å². The predicted molar refractivity (Wildman–Crippen MR) is 204 cm³/mol. The third-order valence-corrected chi connectivity index (χ3v) is 10.3. The molecule has 0 unspecified atom stereocenters. The highest BCUT2D eigenvalue weighted by molar-refractivity contribution is 5.97. The Morgan fingerprint density at radius 1 is 0.373 bits per heavy atom. The van der Waals surface area contributed by atoms with Crippen molar-refractivity contribution in [2.24, 2.45) is 0 Å². The van der Waals surface area contributed by atoms with Crippen LogP contribution in [0.4, 0.5) is 0 Å². The van der Waals surface area contributed by atoms with E-state index >= 15 is 0 Å². The van der Waals surface area contributed by atoms with E-state index in [-0.39, 0.29) is 0 Å². The maximum absolute atomic E-state index is 6.71. The van der Waals surface area contributed by atoms with Gasteiger partial charge in [-0.25, -0.2) is 15.0 Å². The second kappa shape index (κ2) is 11.5. The van der Waals surface area contributed by atoms with Gasteiger partial charge >= 0.3 is 0 Å². The summed E-state index contributed by atoms with van der Waals surface area (Å²) < 4.78 is 6.71. The van der Waals surface area contributed by atoms with Crippen LogP contribution in [0.5, 0.6) is 11.5 Å². The molecule has 1 aliphatic heterocycles. The monoisotopic (exact) mass is 653 g/mol. The van der Waals surface area contributed by atoms with E-state index in [0.29, 0.717) is 17.5 Å². The van der Waals surface area contributed by atoms with Gasteiger partial charge in [0, 0.05) is 27.8 Å². The van der Waals surface area contributed by atoms with E-state index in [1.165, 1.54) is 27.8 Å². The van der Waals surface area contributed by atoms with Crippen molar-refractivity contribution in [2.45, 2.75) is 12.3 Å². The lowest BCUT2D eigenvalue weighted by molar-refractivity contribution is 0.436. The van der Waals surface area contributed by atoms with E-state index in [9.17, 15) is 0 Å². The van der Waals surface area contributed by atoms with Crippen molar-refractivity contribution in [1.29, 1.82) is 0 Å². The van der Waals surface area contributed by atoms with Crippen LogP contribution in [0.3, 0.4) is 0 Å². The van der Waals surface area contributed by atoms with Crippen LogP contribution in [0, 0.1) is 6.92 Å². The summed E-state index contributed by atoms with van der Waals surface area (Å²) in [5.74, 6) is 3.58. The predicted octanol–water partition coefficient (Wildman–Crippen LogP) is 11.3. The summed E-state index contributed by atoms with van der Waals surface area (Å²) in [6, 6.07) is 59.5. The quantitative estimate of drug-likeness (QED) is 0.190. The molecule has 0 bridgehead atoms. The van der Waals surface area contributed by atoms with Gasteiger partial charge in [0.05, 0.1) is 5.41 Å². The topological polar surface area (TPSA) is 47.9 Å². The van der Waals surface area contributed by atoms with Gasteiger partial charge in [-0.2, -0.15) is 0 Å². The molecule has 4 nitrogen and oxygen atoms in total. The Morgan fingerprint density at radius 2 is 0.824 bits per heavy atom. The van der Waals surface area contributed by atoms with Crippen LogP contribution in [0.15, 0.2) is 170 Å².